The number of hydrogen-bond donors (Lipinski definition) is 1. The van der Waals surface area contributed by atoms with Crippen LogP contribution in [0.3, 0.4) is 0 Å². The number of aliphatic hydroxyl groups is 1. The maximum atomic E-state index is 10.5. The molecule has 1 N–H and O–H groups in total. The molecular formula is C9H10N4O4S2. The molecule has 2 aromatic heterocycles. The molecule has 0 aliphatic heterocycles. The zero-order chi connectivity index (χ0) is 13.9. The van der Waals surface area contributed by atoms with Crippen molar-refractivity contribution in [2.24, 2.45) is 0 Å². The van der Waals surface area contributed by atoms with E-state index in [9.17, 15) is 18.1 Å². The second-order valence-electron chi connectivity index (χ2n) is 3.74. The Morgan fingerprint density at radius 3 is 2.74 bits per heavy atom. The average Bonchev–Trinajstić information content (AvgIpc) is 2.76. The molecule has 0 amide bonds. The smallest absolute Gasteiger partial charge is 0.220 e. The molecular weight excluding hydrogens is 292 g/mol. The summed E-state index contributed by atoms with van der Waals surface area (Å²) in [6, 6.07) is 1.68. The van der Waals surface area contributed by atoms with Crippen molar-refractivity contribution in [3.8, 4) is 10.7 Å². The molecule has 0 bridgehead atoms. The highest BCUT2D eigenvalue weighted by Crippen LogP contribution is 2.14. The molecule has 2 rings (SSSR count). The van der Waals surface area contributed by atoms with E-state index in [4.69, 9.17) is 0 Å². The van der Waals surface area contributed by atoms with Gasteiger partial charge in [-0.3, -0.25) is 0 Å². The molecule has 0 aliphatic rings. The monoisotopic (exact) mass is 302 g/mol. The van der Waals surface area contributed by atoms with Crippen LogP contribution in [0.5, 0.6) is 0 Å². The SMILES string of the molecule is O=S(=O)([O-])CC(O)C[n+]1cc(-c2ncccn2)sn1. The summed E-state index contributed by atoms with van der Waals surface area (Å²) in [7, 11) is -4.45. The van der Waals surface area contributed by atoms with Crippen molar-refractivity contribution in [2.75, 3.05) is 5.75 Å². The lowest BCUT2D eigenvalue weighted by Gasteiger charge is -2.08. The number of nitrogens with zero attached hydrogens (tertiary/aromatic N) is 4. The Labute approximate surface area is 113 Å². The quantitative estimate of drug-likeness (QED) is 0.543. The normalized spacial score (nSPS) is 13.4. The summed E-state index contributed by atoms with van der Waals surface area (Å²) in [5, 5.41) is 9.45. The average molecular weight is 302 g/mol. The van der Waals surface area contributed by atoms with Gasteiger partial charge in [0, 0.05) is 23.9 Å². The highest BCUT2D eigenvalue weighted by atomic mass is 32.2. The van der Waals surface area contributed by atoms with Crippen molar-refractivity contribution in [3.63, 3.8) is 0 Å². The van der Waals surface area contributed by atoms with Gasteiger partial charge in [0.15, 0.2) is 10.7 Å². The predicted octanol–water partition coefficient (Wildman–Crippen LogP) is -1.21. The van der Waals surface area contributed by atoms with Gasteiger partial charge in [-0.25, -0.2) is 18.4 Å². The summed E-state index contributed by atoms with van der Waals surface area (Å²) in [5.74, 6) is -0.348. The number of aliphatic hydroxyl groups excluding tert-OH is 1. The fourth-order valence-corrected chi connectivity index (χ4v) is 2.63. The Kier molecular flexibility index (Phi) is 4.14. The van der Waals surface area contributed by atoms with Crippen LogP contribution in [0, 0.1) is 0 Å². The summed E-state index contributed by atoms with van der Waals surface area (Å²) in [6.07, 6.45) is 3.47. The first-order chi connectivity index (χ1) is 8.94. The van der Waals surface area contributed by atoms with Gasteiger partial charge in [0.2, 0.25) is 12.7 Å². The molecule has 0 radical (unpaired) electrons. The molecule has 102 valence electrons. The first kappa shape index (κ1) is 13.9. The number of hydrogen-bond acceptors (Lipinski definition) is 8. The fraction of sp³-hybridized carbons (Fsp3) is 0.333. The summed E-state index contributed by atoms with van der Waals surface area (Å²) in [5.41, 5.74) is 0. The Bertz CT molecular complexity index is 643. The molecule has 2 aromatic rings. The molecule has 0 aromatic carbocycles. The van der Waals surface area contributed by atoms with Crippen molar-refractivity contribution in [1.29, 1.82) is 0 Å². The Morgan fingerprint density at radius 1 is 1.42 bits per heavy atom. The molecule has 1 atom stereocenters. The Balaban J connectivity index is 2.06. The topological polar surface area (TPSA) is 120 Å². The third kappa shape index (κ3) is 4.28. The first-order valence-electron chi connectivity index (χ1n) is 5.19. The van der Waals surface area contributed by atoms with Gasteiger partial charge >= 0.3 is 0 Å². The molecule has 0 fully saturated rings. The van der Waals surface area contributed by atoms with E-state index in [1.54, 1.807) is 24.7 Å². The summed E-state index contributed by atoms with van der Waals surface area (Å²) < 4.78 is 36.8. The van der Waals surface area contributed by atoms with Crippen LogP contribution >= 0.6 is 11.5 Å². The minimum atomic E-state index is -4.45. The molecule has 0 aliphatic carbocycles. The lowest BCUT2D eigenvalue weighted by Crippen LogP contribution is -2.43. The Morgan fingerprint density at radius 2 is 2.11 bits per heavy atom. The van der Waals surface area contributed by atoms with Gasteiger partial charge in [0.25, 0.3) is 0 Å². The minimum absolute atomic E-state index is 0.0786. The molecule has 19 heavy (non-hydrogen) atoms. The van der Waals surface area contributed by atoms with E-state index in [2.05, 4.69) is 14.5 Å². The second kappa shape index (κ2) is 5.65. The van der Waals surface area contributed by atoms with Gasteiger partial charge < -0.3 is 9.66 Å². The zero-order valence-electron chi connectivity index (χ0n) is 9.58. The van der Waals surface area contributed by atoms with Gasteiger partial charge in [-0.05, 0) is 6.07 Å². The molecule has 2 heterocycles. The highest BCUT2D eigenvalue weighted by molar-refractivity contribution is 7.85. The molecule has 0 saturated heterocycles. The van der Waals surface area contributed by atoms with E-state index in [1.165, 1.54) is 4.68 Å². The van der Waals surface area contributed by atoms with Crippen LogP contribution in [0.25, 0.3) is 10.7 Å². The maximum Gasteiger partial charge on any atom is 0.220 e. The molecule has 8 nitrogen and oxygen atoms in total. The number of rotatable bonds is 5. The minimum Gasteiger partial charge on any atom is -0.748 e. The van der Waals surface area contributed by atoms with E-state index in [0.717, 1.165) is 11.5 Å². The third-order valence-electron chi connectivity index (χ3n) is 2.09. The van der Waals surface area contributed by atoms with E-state index in [1.807, 2.05) is 0 Å². The third-order valence-corrected chi connectivity index (χ3v) is 3.66. The van der Waals surface area contributed by atoms with Gasteiger partial charge in [-0.2, -0.15) is 0 Å². The van der Waals surface area contributed by atoms with Crippen molar-refractivity contribution < 1.29 is 22.8 Å². The molecule has 0 spiro atoms. The maximum absolute atomic E-state index is 10.5. The van der Waals surface area contributed by atoms with E-state index in [-0.39, 0.29) is 6.54 Å². The summed E-state index contributed by atoms with van der Waals surface area (Å²) in [6.45, 7) is -0.0786. The summed E-state index contributed by atoms with van der Waals surface area (Å²) >= 11 is 1.11. The van der Waals surface area contributed by atoms with Crippen LogP contribution in [0.2, 0.25) is 0 Å². The lowest BCUT2D eigenvalue weighted by atomic mass is 10.4. The van der Waals surface area contributed by atoms with Crippen molar-refractivity contribution in [2.45, 2.75) is 12.6 Å². The van der Waals surface area contributed by atoms with Crippen LogP contribution < -0.4 is 4.68 Å². The van der Waals surface area contributed by atoms with Crippen LogP contribution in [0.4, 0.5) is 0 Å². The van der Waals surface area contributed by atoms with Crippen molar-refractivity contribution in [3.05, 3.63) is 24.7 Å². The zero-order valence-corrected chi connectivity index (χ0v) is 11.2. The van der Waals surface area contributed by atoms with Gasteiger partial charge in [0.05, 0.1) is 20.4 Å². The van der Waals surface area contributed by atoms with E-state index in [0.29, 0.717) is 10.7 Å². The van der Waals surface area contributed by atoms with Crippen LogP contribution in [-0.4, -0.2) is 44.4 Å². The van der Waals surface area contributed by atoms with Gasteiger partial charge in [-0.15, -0.1) is 0 Å². The second-order valence-corrected chi connectivity index (χ2v) is 5.97. The Hall–Kier alpha value is -1.49. The van der Waals surface area contributed by atoms with Gasteiger partial charge in [0.1, 0.15) is 6.10 Å². The largest absolute Gasteiger partial charge is 0.748 e. The molecule has 10 heteroatoms. The standard InChI is InChI=1S/C9H10N4O4S2/c14-7(6-19(15,16)17)4-13-5-8(18-12-13)9-10-2-1-3-11-9/h1-3,5,7,14H,4,6H2. The van der Waals surface area contributed by atoms with E-state index >= 15 is 0 Å². The van der Waals surface area contributed by atoms with E-state index < -0.39 is 22.0 Å². The van der Waals surface area contributed by atoms with Crippen molar-refractivity contribution >= 4 is 21.7 Å². The highest BCUT2D eigenvalue weighted by Gasteiger charge is 2.19. The first-order valence-corrected chi connectivity index (χ1v) is 7.54. The van der Waals surface area contributed by atoms with Crippen LogP contribution in [0.15, 0.2) is 24.7 Å². The molecule has 1 unspecified atom stereocenters. The predicted molar refractivity (Wildman–Crippen MR) is 63.9 cm³/mol. The van der Waals surface area contributed by atoms with Crippen LogP contribution in [-0.2, 0) is 16.7 Å². The fourth-order valence-electron chi connectivity index (χ4n) is 1.39. The van der Waals surface area contributed by atoms with Gasteiger partial charge in [-0.1, -0.05) is 4.68 Å². The number of aromatic nitrogens is 4. The van der Waals surface area contributed by atoms with Crippen LogP contribution in [0.1, 0.15) is 0 Å². The van der Waals surface area contributed by atoms with Crippen molar-refractivity contribution in [1.82, 2.24) is 14.5 Å². The summed E-state index contributed by atoms with van der Waals surface area (Å²) in [4.78, 5) is 8.76. The lowest BCUT2D eigenvalue weighted by molar-refractivity contribution is -0.751. The molecule has 0 saturated carbocycles.